The first kappa shape index (κ1) is 15.2. The van der Waals surface area contributed by atoms with Crippen molar-refractivity contribution in [1.82, 2.24) is 9.97 Å². The van der Waals surface area contributed by atoms with Crippen molar-refractivity contribution in [2.45, 2.75) is 30.0 Å². The van der Waals surface area contributed by atoms with Crippen LogP contribution in [0.2, 0.25) is 0 Å². The summed E-state index contributed by atoms with van der Waals surface area (Å²) in [7, 11) is 1.69. The van der Waals surface area contributed by atoms with Crippen LogP contribution < -0.4 is 9.64 Å². The third-order valence-corrected chi connectivity index (χ3v) is 4.85. The van der Waals surface area contributed by atoms with Gasteiger partial charge < -0.3 is 9.64 Å². The lowest BCUT2D eigenvalue weighted by Gasteiger charge is -2.27. The maximum Gasteiger partial charge on any atom is 0.133 e. The molecule has 5 heteroatoms. The van der Waals surface area contributed by atoms with Crippen molar-refractivity contribution in [2.24, 2.45) is 0 Å². The molecule has 0 spiro atoms. The van der Waals surface area contributed by atoms with Crippen molar-refractivity contribution < 1.29 is 4.74 Å². The molecule has 2 heterocycles. The molecule has 1 aliphatic rings. The number of nitrogens with zero attached hydrogens (tertiary/aromatic N) is 3. The molecule has 0 N–H and O–H groups in total. The van der Waals surface area contributed by atoms with E-state index in [2.05, 4.69) is 33.1 Å². The first-order valence-corrected chi connectivity index (χ1v) is 8.66. The second-order valence-corrected chi connectivity index (χ2v) is 6.39. The van der Waals surface area contributed by atoms with E-state index < -0.39 is 0 Å². The van der Waals surface area contributed by atoms with E-state index >= 15 is 0 Å². The van der Waals surface area contributed by atoms with Gasteiger partial charge in [-0.2, -0.15) is 0 Å². The molecule has 22 heavy (non-hydrogen) atoms. The number of ether oxygens (including phenoxy) is 1. The zero-order valence-corrected chi connectivity index (χ0v) is 13.7. The fourth-order valence-electron chi connectivity index (χ4n) is 2.58. The molecule has 0 aliphatic carbocycles. The molecule has 1 fully saturated rings. The average molecular weight is 315 g/mol. The molecule has 1 aliphatic heterocycles. The summed E-state index contributed by atoms with van der Waals surface area (Å²) in [5.41, 5.74) is 1.27. The topological polar surface area (TPSA) is 38.2 Å². The third kappa shape index (κ3) is 3.91. The van der Waals surface area contributed by atoms with E-state index in [0.29, 0.717) is 0 Å². The van der Waals surface area contributed by atoms with Gasteiger partial charge in [0, 0.05) is 24.9 Å². The molecule has 116 valence electrons. The van der Waals surface area contributed by atoms with Gasteiger partial charge in [0.1, 0.15) is 22.9 Å². The van der Waals surface area contributed by atoms with Crippen LogP contribution in [0.1, 0.15) is 24.8 Å². The predicted octanol–water partition coefficient (Wildman–Crippen LogP) is 3.77. The fourth-order valence-corrected chi connectivity index (χ4v) is 3.40. The Kier molecular flexibility index (Phi) is 5.16. The number of hydrogen-bond donors (Lipinski definition) is 0. The summed E-state index contributed by atoms with van der Waals surface area (Å²) >= 11 is 1.75. The average Bonchev–Trinajstić information content (AvgIpc) is 2.61. The highest BCUT2D eigenvalue weighted by Crippen LogP contribution is 2.25. The Morgan fingerprint density at radius 3 is 2.59 bits per heavy atom. The molecule has 1 aromatic heterocycles. The Bertz CT molecular complexity index is 597. The maximum absolute atomic E-state index is 5.18. The van der Waals surface area contributed by atoms with E-state index in [1.165, 1.54) is 24.8 Å². The minimum Gasteiger partial charge on any atom is -0.497 e. The molecule has 1 aromatic carbocycles. The molecular formula is C17H21N3OS. The quantitative estimate of drug-likeness (QED) is 0.620. The number of rotatable bonds is 5. The molecule has 0 saturated carbocycles. The van der Waals surface area contributed by atoms with Crippen molar-refractivity contribution in [3.05, 3.63) is 42.2 Å². The molecule has 2 aromatic rings. The van der Waals surface area contributed by atoms with Gasteiger partial charge in [-0.25, -0.2) is 9.97 Å². The summed E-state index contributed by atoms with van der Waals surface area (Å²) < 4.78 is 5.18. The third-order valence-electron chi connectivity index (χ3n) is 3.85. The number of anilines is 1. The second-order valence-electron chi connectivity index (χ2n) is 5.40. The summed E-state index contributed by atoms with van der Waals surface area (Å²) in [5.74, 6) is 2.86. The van der Waals surface area contributed by atoms with Crippen LogP contribution in [-0.4, -0.2) is 30.2 Å². The zero-order valence-electron chi connectivity index (χ0n) is 12.9. The van der Waals surface area contributed by atoms with Crippen LogP contribution in [0.3, 0.4) is 0 Å². The molecule has 3 rings (SSSR count). The minimum atomic E-state index is 0.892. The normalized spacial score (nSPS) is 14.9. The van der Waals surface area contributed by atoms with E-state index in [4.69, 9.17) is 4.74 Å². The van der Waals surface area contributed by atoms with Gasteiger partial charge in [-0.1, -0.05) is 12.1 Å². The van der Waals surface area contributed by atoms with Crippen molar-refractivity contribution in [3.8, 4) is 5.75 Å². The number of benzene rings is 1. The lowest BCUT2D eigenvalue weighted by molar-refractivity contribution is 0.414. The zero-order chi connectivity index (χ0) is 15.2. The fraction of sp³-hybridized carbons (Fsp3) is 0.412. The lowest BCUT2D eigenvalue weighted by Crippen LogP contribution is -2.30. The smallest absolute Gasteiger partial charge is 0.133 e. The monoisotopic (exact) mass is 315 g/mol. The van der Waals surface area contributed by atoms with Gasteiger partial charge in [0.05, 0.1) is 7.11 Å². The predicted molar refractivity (Wildman–Crippen MR) is 90.7 cm³/mol. The van der Waals surface area contributed by atoms with Crippen LogP contribution >= 0.6 is 11.8 Å². The molecule has 0 atom stereocenters. The highest BCUT2D eigenvalue weighted by molar-refractivity contribution is 7.98. The lowest BCUT2D eigenvalue weighted by atomic mass is 10.1. The summed E-state index contributed by atoms with van der Waals surface area (Å²) in [6.45, 7) is 2.22. The van der Waals surface area contributed by atoms with Gasteiger partial charge in [-0.05, 0) is 37.0 Å². The van der Waals surface area contributed by atoms with Gasteiger partial charge in [-0.3, -0.25) is 0 Å². The summed E-state index contributed by atoms with van der Waals surface area (Å²) in [5, 5.41) is 1.03. The van der Waals surface area contributed by atoms with Gasteiger partial charge in [-0.15, -0.1) is 11.8 Å². The Morgan fingerprint density at radius 1 is 1.09 bits per heavy atom. The highest BCUT2D eigenvalue weighted by atomic mass is 32.2. The molecule has 0 amide bonds. The number of methoxy groups -OCH3 is 1. The van der Waals surface area contributed by atoms with Gasteiger partial charge >= 0.3 is 0 Å². The maximum atomic E-state index is 5.18. The first-order chi connectivity index (χ1) is 10.8. The molecule has 4 nitrogen and oxygen atoms in total. The van der Waals surface area contributed by atoms with Crippen molar-refractivity contribution >= 4 is 17.6 Å². The molecule has 1 saturated heterocycles. The van der Waals surface area contributed by atoms with E-state index in [1.807, 2.05) is 12.1 Å². The summed E-state index contributed by atoms with van der Waals surface area (Å²) in [6, 6.07) is 10.3. The van der Waals surface area contributed by atoms with Gasteiger partial charge in [0.25, 0.3) is 0 Å². The number of hydrogen-bond acceptors (Lipinski definition) is 5. The molecule has 0 unspecified atom stereocenters. The highest BCUT2D eigenvalue weighted by Gasteiger charge is 2.12. The Labute approximate surface area is 135 Å². The molecule has 0 radical (unpaired) electrons. The van der Waals surface area contributed by atoms with Gasteiger partial charge in [0.2, 0.25) is 0 Å². The first-order valence-electron chi connectivity index (χ1n) is 7.68. The van der Waals surface area contributed by atoms with E-state index in [9.17, 15) is 0 Å². The summed E-state index contributed by atoms with van der Waals surface area (Å²) in [4.78, 5) is 11.2. The van der Waals surface area contributed by atoms with Crippen molar-refractivity contribution in [3.63, 3.8) is 0 Å². The number of aromatic nitrogens is 2. The van der Waals surface area contributed by atoms with E-state index in [-0.39, 0.29) is 0 Å². The summed E-state index contributed by atoms with van der Waals surface area (Å²) in [6.07, 6.45) is 5.54. The Hall–Kier alpha value is -1.75. The largest absolute Gasteiger partial charge is 0.497 e. The Morgan fingerprint density at radius 2 is 1.86 bits per heavy atom. The van der Waals surface area contributed by atoms with E-state index in [1.54, 1.807) is 25.2 Å². The van der Waals surface area contributed by atoms with Crippen LogP contribution in [0.4, 0.5) is 5.82 Å². The second kappa shape index (κ2) is 7.49. The minimum absolute atomic E-state index is 0.892. The van der Waals surface area contributed by atoms with Crippen LogP contribution in [0, 0.1) is 0 Å². The van der Waals surface area contributed by atoms with Gasteiger partial charge in [0.15, 0.2) is 0 Å². The van der Waals surface area contributed by atoms with Crippen LogP contribution in [0.25, 0.3) is 0 Å². The standard InChI is InChI=1S/C17H21N3OS/c1-21-15-7-5-14(6-8-15)12-22-17-11-16(18-13-19-17)20-9-3-2-4-10-20/h5-8,11,13H,2-4,9-10,12H2,1H3. The van der Waals surface area contributed by atoms with Crippen LogP contribution in [-0.2, 0) is 5.75 Å². The molecular weight excluding hydrogens is 294 g/mol. The Balaban J connectivity index is 1.62. The molecule has 0 bridgehead atoms. The SMILES string of the molecule is COc1ccc(CSc2cc(N3CCCCC3)ncn2)cc1. The van der Waals surface area contributed by atoms with Crippen molar-refractivity contribution in [2.75, 3.05) is 25.1 Å². The number of piperidine rings is 1. The van der Waals surface area contributed by atoms with Crippen molar-refractivity contribution in [1.29, 1.82) is 0 Å². The van der Waals surface area contributed by atoms with Crippen LogP contribution in [0.15, 0.2) is 41.7 Å². The van der Waals surface area contributed by atoms with Crippen LogP contribution in [0.5, 0.6) is 5.75 Å². The number of thioether (sulfide) groups is 1. The van der Waals surface area contributed by atoms with E-state index in [0.717, 1.165) is 35.4 Å².